The molecule has 2 aromatic rings. The second-order valence-corrected chi connectivity index (χ2v) is 8.47. The van der Waals surface area contributed by atoms with E-state index in [9.17, 15) is 13.2 Å². The van der Waals surface area contributed by atoms with Crippen LogP contribution in [0.4, 0.5) is 11.4 Å². The van der Waals surface area contributed by atoms with Gasteiger partial charge in [-0.15, -0.1) is 0 Å². The molecule has 0 fully saturated rings. The molecule has 0 bridgehead atoms. The van der Waals surface area contributed by atoms with Crippen LogP contribution in [0.25, 0.3) is 0 Å². The molecule has 0 aromatic heterocycles. The molecule has 0 aliphatic carbocycles. The summed E-state index contributed by atoms with van der Waals surface area (Å²) in [5.41, 5.74) is 1.89. The van der Waals surface area contributed by atoms with Crippen LogP contribution in [-0.2, 0) is 14.8 Å². The highest BCUT2D eigenvalue weighted by atomic mass is 35.5. The number of hydrogen-bond acceptors (Lipinski definition) is 4. The van der Waals surface area contributed by atoms with E-state index < -0.39 is 16.1 Å². The predicted octanol–water partition coefficient (Wildman–Crippen LogP) is 3.98. The summed E-state index contributed by atoms with van der Waals surface area (Å²) in [6.07, 6.45) is -0.712. The first-order chi connectivity index (χ1) is 12.2. The molecule has 0 radical (unpaired) electrons. The first kappa shape index (κ1) is 18.5. The number of halogens is 1. The topological polar surface area (TPSA) is 84.5 Å². The van der Waals surface area contributed by atoms with Gasteiger partial charge in [-0.2, -0.15) is 0 Å². The number of fused-ring (bicyclic) bond motifs is 1. The maximum absolute atomic E-state index is 12.7. The molecule has 2 aromatic carbocycles. The summed E-state index contributed by atoms with van der Waals surface area (Å²) in [5.74, 6) is 0.301. The van der Waals surface area contributed by atoms with Crippen LogP contribution in [0.3, 0.4) is 0 Å². The molecule has 1 unspecified atom stereocenters. The second-order valence-electron chi connectivity index (χ2n) is 6.41. The van der Waals surface area contributed by atoms with Gasteiger partial charge >= 0.3 is 0 Å². The molecule has 6 nitrogen and oxygen atoms in total. The average Bonchev–Trinajstić information content (AvgIpc) is 2.56. The highest BCUT2D eigenvalue weighted by molar-refractivity contribution is 7.92. The third-order valence-corrected chi connectivity index (χ3v) is 5.93. The number of amides is 1. The maximum Gasteiger partial charge on any atom is 0.265 e. The van der Waals surface area contributed by atoms with E-state index in [4.69, 9.17) is 16.3 Å². The van der Waals surface area contributed by atoms with Gasteiger partial charge in [-0.25, -0.2) is 8.42 Å². The predicted molar refractivity (Wildman–Crippen MR) is 102 cm³/mol. The summed E-state index contributed by atoms with van der Waals surface area (Å²) >= 11 is 6.14. The van der Waals surface area contributed by atoms with E-state index >= 15 is 0 Å². The Kier molecular flexibility index (Phi) is 4.86. The van der Waals surface area contributed by atoms with E-state index in [-0.39, 0.29) is 21.6 Å². The minimum absolute atomic E-state index is 0.00602. The number of anilines is 2. The molecular formula is C18H19ClN2O4S. The molecule has 1 aliphatic heterocycles. The Morgan fingerprint density at radius 3 is 2.46 bits per heavy atom. The van der Waals surface area contributed by atoms with Crippen molar-refractivity contribution in [3.05, 3.63) is 47.0 Å². The molecule has 26 heavy (non-hydrogen) atoms. The molecule has 1 amide bonds. The van der Waals surface area contributed by atoms with Crippen LogP contribution in [0.15, 0.2) is 41.3 Å². The number of benzene rings is 2. The molecule has 1 heterocycles. The quantitative estimate of drug-likeness (QED) is 0.821. The van der Waals surface area contributed by atoms with Crippen molar-refractivity contribution in [3.8, 4) is 5.75 Å². The Bertz CT molecular complexity index is 956. The second kappa shape index (κ2) is 6.81. The Morgan fingerprint density at radius 2 is 1.85 bits per heavy atom. The monoisotopic (exact) mass is 394 g/mol. The average molecular weight is 395 g/mol. The molecule has 0 spiro atoms. The van der Waals surface area contributed by atoms with Gasteiger partial charge in [0.2, 0.25) is 0 Å². The van der Waals surface area contributed by atoms with Crippen LogP contribution in [0.2, 0.25) is 5.02 Å². The third-order valence-electron chi connectivity index (χ3n) is 4.08. The number of rotatable bonds is 4. The van der Waals surface area contributed by atoms with Crippen molar-refractivity contribution < 1.29 is 17.9 Å². The first-order valence-electron chi connectivity index (χ1n) is 8.11. The molecule has 138 valence electrons. The summed E-state index contributed by atoms with van der Waals surface area (Å²) in [7, 11) is -3.92. The van der Waals surface area contributed by atoms with Crippen LogP contribution >= 0.6 is 11.6 Å². The minimum atomic E-state index is -3.92. The van der Waals surface area contributed by atoms with Crippen LogP contribution in [0, 0.1) is 0 Å². The van der Waals surface area contributed by atoms with Crippen molar-refractivity contribution in [2.24, 2.45) is 0 Å². The first-order valence-corrected chi connectivity index (χ1v) is 9.97. The van der Waals surface area contributed by atoms with Gasteiger partial charge in [-0.05, 0) is 36.6 Å². The Morgan fingerprint density at radius 1 is 1.19 bits per heavy atom. The zero-order valence-electron chi connectivity index (χ0n) is 14.5. The normalized spacial score (nSPS) is 16.7. The van der Waals surface area contributed by atoms with Gasteiger partial charge in [-0.3, -0.25) is 9.52 Å². The number of nitrogens with one attached hydrogen (secondary N) is 2. The molecule has 1 atom stereocenters. The van der Waals surface area contributed by atoms with Crippen molar-refractivity contribution in [2.75, 3.05) is 10.0 Å². The molecule has 0 saturated heterocycles. The van der Waals surface area contributed by atoms with E-state index in [2.05, 4.69) is 23.9 Å². The van der Waals surface area contributed by atoms with Gasteiger partial charge in [-0.1, -0.05) is 37.6 Å². The van der Waals surface area contributed by atoms with Gasteiger partial charge in [0.15, 0.2) is 6.10 Å². The fraction of sp³-hybridized carbons (Fsp3) is 0.278. The highest BCUT2D eigenvalue weighted by Gasteiger charge is 2.28. The smallest absolute Gasteiger partial charge is 0.265 e. The fourth-order valence-electron chi connectivity index (χ4n) is 2.56. The lowest BCUT2D eigenvalue weighted by atomic mass is 10.0. The molecule has 1 aliphatic rings. The zero-order valence-corrected chi connectivity index (χ0v) is 16.1. The van der Waals surface area contributed by atoms with E-state index in [0.29, 0.717) is 17.3 Å². The van der Waals surface area contributed by atoms with Crippen LogP contribution in [0.1, 0.15) is 32.3 Å². The zero-order chi connectivity index (χ0) is 19.1. The summed E-state index contributed by atoms with van der Waals surface area (Å²) in [5, 5.41) is 2.63. The SMILES string of the molecule is CC1Oc2cc(S(=O)(=O)Nc3ccc(C(C)C)cc3)c(Cl)cc2NC1=O. The van der Waals surface area contributed by atoms with E-state index in [0.717, 1.165) is 5.56 Å². The largest absolute Gasteiger partial charge is 0.479 e. The number of carbonyl (C=O) groups excluding carboxylic acids is 1. The van der Waals surface area contributed by atoms with Gasteiger partial charge in [0.05, 0.1) is 10.7 Å². The van der Waals surface area contributed by atoms with Crippen molar-refractivity contribution in [1.82, 2.24) is 0 Å². The third kappa shape index (κ3) is 3.64. The van der Waals surface area contributed by atoms with Crippen molar-refractivity contribution >= 4 is 38.9 Å². The minimum Gasteiger partial charge on any atom is -0.479 e. The molecule has 3 rings (SSSR count). The lowest BCUT2D eigenvalue weighted by molar-refractivity contribution is -0.122. The van der Waals surface area contributed by atoms with Crippen LogP contribution < -0.4 is 14.8 Å². The Labute approximate surface area is 157 Å². The Hall–Kier alpha value is -2.25. The molecule has 8 heteroatoms. The maximum atomic E-state index is 12.7. The number of carbonyl (C=O) groups is 1. The van der Waals surface area contributed by atoms with E-state index in [1.165, 1.54) is 12.1 Å². The standard InChI is InChI=1S/C18H19ClN2O4S/c1-10(2)12-4-6-13(7-5-12)21-26(23,24)17-9-16-15(8-14(17)19)20-18(22)11(3)25-16/h4-11,21H,1-3H3,(H,20,22). The van der Waals surface area contributed by atoms with Gasteiger partial charge in [0, 0.05) is 11.8 Å². The van der Waals surface area contributed by atoms with Gasteiger partial charge in [0.25, 0.3) is 15.9 Å². The van der Waals surface area contributed by atoms with Gasteiger partial charge < -0.3 is 10.1 Å². The number of sulfonamides is 1. The van der Waals surface area contributed by atoms with Crippen molar-refractivity contribution in [1.29, 1.82) is 0 Å². The molecular weight excluding hydrogens is 376 g/mol. The van der Waals surface area contributed by atoms with Gasteiger partial charge in [0.1, 0.15) is 10.6 Å². The summed E-state index contributed by atoms with van der Waals surface area (Å²) in [6, 6.07) is 9.85. The van der Waals surface area contributed by atoms with Crippen molar-refractivity contribution in [3.63, 3.8) is 0 Å². The van der Waals surface area contributed by atoms with E-state index in [1.54, 1.807) is 19.1 Å². The van der Waals surface area contributed by atoms with E-state index in [1.807, 2.05) is 12.1 Å². The fourth-order valence-corrected chi connectivity index (χ4v) is 4.16. The lowest BCUT2D eigenvalue weighted by Crippen LogP contribution is -2.34. The van der Waals surface area contributed by atoms with Crippen LogP contribution in [0.5, 0.6) is 5.75 Å². The van der Waals surface area contributed by atoms with Crippen LogP contribution in [-0.4, -0.2) is 20.4 Å². The summed E-state index contributed by atoms with van der Waals surface area (Å²) in [6.45, 7) is 5.70. The number of ether oxygens (including phenoxy) is 1. The Balaban J connectivity index is 1.92. The number of hydrogen-bond donors (Lipinski definition) is 2. The highest BCUT2D eigenvalue weighted by Crippen LogP contribution is 2.37. The lowest BCUT2D eigenvalue weighted by Gasteiger charge is -2.24. The summed E-state index contributed by atoms with van der Waals surface area (Å²) < 4.78 is 33.4. The molecule has 0 saturated carbocycles. The molecule has 2 N–H and O–H groups in total. The summed E-state index contributed by atoms with van der Waals surface area (Å²) in [4.78, 5) is 11.5. The van der Waals surface area contributed by atoms with Crippen molar-refractivity contribution in [2.45, 2.75) is 37.7 Å².